The van der Waals surface area contributed by atoms with Crippen LogP contribution in [0.25, 0.3) is 0 Å². The van der Waals surface area contributed by atoms with E-state index in [-0.39, 0.29) is 17.1 Å². The molecule has 2 aromatic rings. The Balaban J connectivity index is 2.32. The second kappa shape index (κ2) is 5.66. The zero-order valence-corrected chi connectivity index (χ0v) is 11.6. The molecule has 0 saturated carbocycles. The van der Waals surface area contributed by atoms with Crippen molar-refractivity contribution in [3.8, 4) is 0 Å². The van der Waals surface area contributed by atoms with Gasteiger partial charge in [-0.2, -0.15) is 0 Å². The van der Waals surface area contributed by atoms with E-state index in [2.05, 4.69) is 26.2 Å². The molecule has 1 aromatic heterocycles. The fourth-order valence-electron chi connectivity index (χ4n) is 1.50. The Kier molecular flexibility index (Phi) is 3.94. The average molecular weight is 337 g/mol. The number of halogens is 1. The number of hydrogen-bond acceptors (Lipinski definition) is 5. The highest BCUT2D eigenvalue weighted by molar-refractivity contribution is 9.10. The van der Waals surface area contributed by atoms with Crippen LogP contribution in [0.4, 0.5) is 17.2 Å². The molecule has 0 spiro atoms. The van der Waals surface area contributed by atoms with Crippen molar-refractivity contribution in [3.63, 3.8) is 0 Å². The summed E-state index contributed by atoms with van der Waals surface area (Å²) in [5, 5.41) is 13.3. The van der Waals surface area contributed by atoms with Gasteiger partial charge in [0.15, 0.2) is 0 Å². The first-order chi connectivity index (χ1) is 9.49. The molecule has 0 aliphatic carbocycles. The Morgan fingerprint density at radius 1 is 1.40 bits per heavy atom. The van der Waals surface area contributed by atoms with E-state index in [0.717, 1.165) is 12.3 Å². The van der Waals surface area contributed by atoms with E-state index in [9.17, 15) is 14.9 Å². The molecule has 0 unspecified atom stereocenters. The van der Waals surface area contributed by atoms with Crippen molar-refractivity contribution in [1.82, 2.24) is 4.98 Å². The normalized spacial score (nSPS) is 10.1. The number of nitrogens with two attached hydrogens (primary N) is 1. The molecule has 1 aromatic carbocycles. The van der Waals surface area contributed by atoms with Crippen LogP contribution in [0.1, 0.15) is 10.4 Å². The molecule has 0 aliphatic rings. The number of para-hydroxylation sites is 1. The van der Waals surface area contributed by atoms with Gasteiger partial charge in [-0.25, -0.2) is 4.98 Å². The maximum absolute atomic E-state index is 12.1. The van der Waals surface area contributed by atoms with E-state index < -0.39 is 10.8 Å². The summed E-state index contributed by atoms with van der Waals surface area (Å²) in [6.07, 6.45) is 1.00. The van der Waals surface area contributed by atoms with E-state index in [0.29, 0.717) is 10.2 Å². The Morgan fingerprint density at radius 2 is 2.10 bits per heavy atom. The molecule has 1 heterocycles. The standard InChI is InChI=1S/C12H9BrN4O3/c13-9-3-1-2-4-10(9)16-12(18)8-5-7(17(19)20)6-15-11(8)14/h1-6H,(H2,14,15)(H,16,18). The van der Waals surface area contributed by atoms with Crippen molar-refractivity contribution in [2.75, 3.05) is 11.1 Å². The summed E-state index contributed by atoms with van der Waals surface area (Å²) >= 11 is 3.28. The van der Waals surface area contributed by atoms with Crippen LogP contribution in [0.2, 0.25) is 0 Å². The molecule has 7 nitrogen and oxygen atoms in total. The molecule has 0 bridgehead atoms. The molecule has 0 aliphatic heterocycles. The molecule has 0 radical (unpaired) electrons. The van der Waals surface area contributed by atoms with E-state index in [1.54, 1.807) is 24.3 Å². The van der Waals surface area contributed by atoms with Gasteiger partial charge >= 0.3 is 0 Å². The summed E-state index contributed by atoms with van der Waals surface area (Å²) in [6, 6.07) is 8.07. The topological polar surface area (TPSA) is 111 Å². The molecule has 3 N–H and O–H groups in total. The van der Waals surface area contributed by atoms with Gasteiger partial charge in [-0.1, -0.05) is 12.1 Å². The number of nitrogens with one attached hydrogen (secondary N) is 1. The van der Waals surface area contributed by atoms with Gasteiger partial charge in [0.05, 0.1) is 16.2 Å². The minimum Gasteiger partial charge on any atom is -0.383 e. The largest absolute Gasteiger partial charge is 0.383 e. The summed E-state index contributed by atoms with van der Waals surface area (Å²) in [7, 11) is 0. The highest BCUT2D eigenvalue weighted by Gasteiger charge is 2.17. The number of amides is 1. The first-order valence-corrected chi connectivity index (χ1v) is 6.24. The number of carbonyl (C=O) groups is 1. The fraction of sp³-hybridized carbons (Fsp3) is 0. The number of anilines is 2. The lowest BCUT2D eigenvalue weighted by molar-refractivity contribution is -0.385. The number of aromatic nitrogens is 1. The lowest BCUT2D eigenvalue weighted by atomic mass is 10.2. The van der Waals surface area contributed by atoms with Crippen LogP contribution in [0.15, 0.2) is 41.0 Å². The van der Waals surface area contributed by atoms with Crippen molar-refractivity contribution in [1.29, 1.82) is 0 Å². The van der Waals surface area contributed by atoms with Gasteiger partial charge in [-0.05, 0) is 28.1 Å². The number of carbonyl (C=O) groups excluding carboxylic acids is 1. The number of nitro groups is 1. The molecule has 0 atom stereocenters. The van der Waals surface area contributed by atoms with Crippen molar-refractivity contribution in [2.45, 2.75) is 0 Å². The smallest absolute Gasteiger partial charge is 0.288 e. The van der Waals surface area contributed by atoms with Gasteiger partial charge in [0.25, 0.3) is 11.6 Å². The maximum atomic E-state index is 12.1. The number of hydrogen-bond donors (Lipinski definition) is 2. The highest BCUT2D eigenvalue weighted by Crippen LogP contribution is 2.23. The molecule has 0 saturated heterocycles. The zero-order valence-electron chi connectivity index (χ0n) is 10.0. The van der Waals surface area contributed by atoms with Crippen molar-refractivity contribution >= 4 is 39.0 Å². The second-order valence-corrected chi connectivity index (χ2v) is 4.67. The van der Waals surface area contributed by atoms with Crippen LogP contribution >= 0.6 is 15.9 Å². The molecule has 8 heteroatoms. The van der Waals surface area contributed by atoms with Gasteiger partial charge in [0.1, 0.15) is 12.0 Å². The summed E-state index contributed by atoms with van der Waals surface area (Å²) in [4.78, 5) is 25.8. The van der Waals surface area contributed by atoms with Gasteiger partial charge in [-0.15, -0.1) is 0 Å². The van der Waals surface area contributed by atoms with Crippen LogP contribution in [-0.2, 0) is 0 Å². The maximum Gasteiger partial charge on any atom is 0.288 e. The third-order valence-electron chi connectivity index (χ3n) is 2.48. The molecule has 0 fully saturated rings. The van der Waals surface area contributed by atoms with Crippen molar-refractivity contribution in [3.05, 3.63) is 56.7 Å². The monoisotopic (exact) mass is 336 g/mol. The van der Waals surface area contributed by atoms with Gasteiger partial charge in [0.2, 0.25) is 0 Å². The van der Waals surface area contributed by atoms with Gasteiger partial charge < -0.3 is 11.1 Å². The number of pyridine rings is 1. The average Bonchev–Trinajstić information content (AvgIpc) is 2.41. The van der Waals surface area contributed by atoms with E-state index in [1.807, 2.05) is 0 Å². The van der Waals surface area contributed by atoms with Gasteiger partial charge in [0, 0.05) is 10.5 Å². The molecule has 20 heavy (non-hydrogen) atoms. The molecule has 2 rings (SSSR count). The summed E-state index contributed by atoms with van der Waals surface area (Å²) in [6.45, 7) is 0. The minimum absolute atomic E-state index is 0.0463. The zero-order chi connectivity index (χ0) is 14.7. The Morgan fingerprint density at radius 3 is 2.75 bits per heavy atom. The van der Waals surface area contributed by atoms with Crippen LogP contribution in [0.3, 0.4) is 0 Å². The van der Waals surface area contributed by atoms with Crippen LogP contribution in [0, 0.1) is 10.1 Å². The Hall–Kier alpha value is -2.48. The van der Waals surface area contributed by atoms with Crippen LogP contribution in [0.5, 0.6) is 0 Å². The Labute approximate surface area is 122 Å². The third-order valence-corrected chi connectivity index (χ3v) is 3.17. The molecular weight excluding hydrogens is 328 g/mol. The van der Waals surface area contributed by atoms with E-state index in [4.69, 9.17) is 5.73 Å². The lowest BCUT2D eigenvalue weighted by Crippen LogP contribution is -2.15. The van der Waals surface area contributed by atoms with Crippen LogP contribution < -0.4 is 11.1 Å². The molecule has 1 amide bonds. The quantitative estimate of drug-likeness (QED) is 0.660. The van der Waals surface area contributed by atoms with Gasteiger partial charge in [-0.3, -0.25) is 14.9 Å². The van der Waals surface area contributed by atoms with Crippen molar-refractivity contribution < 1.29 is 9.72 Å². The second-order valence-electron chi connectivity index (χ2n) is 3.82. The van der Waals surface area contributed by atoms with E-state index >= 15 is 0 Å². The SMILES string of the molecule is Nc1ncc([N+](=O)[O-])cc1C(=O)Nc1ccccc1Br. The molecule has 102 valence electrons. The van der Waals surface area contributed by atoms with Crippen LogP contribution in [-0.4, -0.2) is 15.8 Å². The first-order valence-electron chi connectivity index (χ1n) is 5.45. The Bertz CT molecular complexity index is 690. The van der Waals surface area contributed by atoms with Crippen molar-refractivity contribution in [2.24, 2.45) is 0 Å². The summed E-state index contributed by atoms with van der Waals surface area (Å²) in [5.74, 6) is -0.634. The number of rotatable bonds is 3. The molecular formula is C12H9BrN4O3. The predicted molar refractivity (Wildman–Crippen MR) is 77.4 cm³/mol. The minimum atomic E-state index is -0.637. The lowest BCUT2D eigenvalue weighted by Gasteiger charge is -2.08. The predicted octanol–water partition coefficient (Wildman–Crippen LogP) is 2.59. The fourth-order valence-corrected chi connectivity index (χ4v) is 1.88. The summed E-state index contributed by atoms with van der Waals surface area (Å²) < 4.78 is 0.685. The third kappa shape index (κ3) is 2.91. The number of nitrogen functional groups attached to an aromatic ring is 1. The first kappa shape index (κ1) is 13.9. The van der Waals surface area contributed by atoms with E-state index in [1.165, 1.54) is 0 Å². The highest BCUT2D eigenvalue weighted by atomic mass is 79.9. The summed E-state index contributed by atoms with van der Waals surface area (Å²) in [5.41, 5.74) is 5.77. The number of nitrogens with zero attached hydrogens (tertiary/aromatic N) is 2. The number of benzene rings is 1.